The van der Waals surface area contributed by atoms with E-state index in [0.717, 1.165) is 18.8 Å². The Bertz CT molecular complexity index is 428. The maximum absolute atomic E-state index is 13.1. The number of non-ortho nitro benzene ring substituents is 1. The van der Waals surface area contributed by atoms with Gasteiger partial charge in [0.1, 0.15) is 5.82 Å². The summed E-state index contributed by atoms with van der Waals surface area (Å²) in [5.41, 5.74) is -0.445. The average Bonchev–Trinajstić information content (AvgIpc) is 2.01. The van der Waals surface area contributed by atoms with Gasteiger partial charge in [0.25, 0.3) is 5.69 Å². The molecule has 14 heavy (non-hydrogen) atoms. The van der Waals surface area contributed by atoms with Crippen molar-refractivity contribution >= 4 is 18.4 Å². The van der Waals surface area contributed by atoms with Crippen LogP contribution >= 0.6 is 7.37 Å². The van der Waals surface area contributed by atoms with Crippen molar-refractivity contribution in [3.8, 4) is 0 Å². The number of rotatable bonds is 2. The summed E-state index contributed by atoms with van der Waals surface area (Å²) in [5, 5.41) is 9.82. The lowest BCUT2D eigenvalue weighted by molar-refractivity contribution is -0.385. The second kappa shape index (κ2) is 3.48. The van der Waals surface area contributed by atoms with Gasteiger partial charge in [-0.15, -0.1) is 0 Å². The van der Waals surface area contributed by atoms with Crippen LogP contribution in [0.2, 0.25) is 0 Å². The second-order valence-corrected chi connectivity index (χ2v) is 5.01. The molecule has 76 valence electrons. The molecule has 1 N–H and O–H groups in total. The Morgan fingerprint density at radius 3 is 2.50 bits per heavy atom. The number of hydrogen-bond acceptors (Lipinski definition) is 3. The van der Waals surface area contributed by atoms with Gasteiger partial charge in [0.15, 0.2) is 0 Å². The first-order valence-corrected chi connectivity index (χ1v) is 5.68. The standard InChI is InChI=1S/C7H7FNO4P/c1-14(12,13)7-3-2-5(9(10)11)4-6(7)8/h2-4H,1H3,(H,12,13). The highest BCUT2D eigenvalue weighted by atomic mass is 31.2. The van der Waals surface area contributed by atoms with Gasteiger partial charge in [-0.05, 0) is 6.07 Å². The van der Waals surface area contributed by atoms with E-state index in [9.17, 15) is 19.1 Å². The third-order valence-electron chi connectivity index (χ3n) is 1.59. The second-order valence-electron chi connectivity index (χ2n) is 2.77. The number of benzene rings is 1. The Labute approximate surface area is 78.8 Å². The van der Waals surface area contributed by atoms with E-state index in [4.69, 9.17) is 4.89 Å². The van der Waals surface area contributed by atoms with Crippen LogP contribution in [0.3, 0.4) is 0 Å². The fraction of sp³-hybridized carbons (Fsp3) is 0.143. The number of nitrogens with zero attached hydrogens (tertiary/aromatic N) is 1. The third-order valence-corrected chi connectivity index (χ3v) is 2.85. The van der Waals surface area contributed by atoms with Gasteiger partial charge in [0.05, 0.1) is 16.3 Å². The maximum atomic E-state index is 13.1. The lowest BCUT2D eigenvalue weighted by atomic mass is 10.3. The lowest BCUT2D eigenvalue weighted by Crippen LogP contribution is -2.09. The molecule has 1 atom stereocenters. The quantitative estimate of drug-likeness (QED) is 0.461. The normalized spacial score (nSPS) is 14.8. The van der Waals surface area contributed by atoms with Crippen LogP contribution in [0, 0.1) is 15.9 Å². The summed E-state index contributed by atoms with van der Waals surface area (Å²) in [6.07, 6.45) is 0. The summed E-state index contributed by atoms with van der Waals surface area (Å²) >= 11 is 0. The van der Waals surface area contributed by atoms with Gasteiger partial charge in [-0.1, -0.05) is 0 Å². The molecule has 0 aliphatic heterocycles. The summed E-state index contributed by atoms with van der Waals surface area (Å²) in [6.45, 7) is 0.969. The van der Waals surface area contributed by atoms with Gasteiger partial charge in [0, 0.05) is 12.7 Å². The van der Waals surface area contributed by atoms with Crippen LogP contribution in [0.4, 0.5) is 10.1 Å². The smallest absolute Gasteiger partial charge is 0.272 e. The van der Waals surface area contributed by atoms with Crippen LogP contribution < -0.4 is 5.30 Å². The van der Waals surface area contributed by atoms with E-state index in [0.29, 0.717) is 6.07 Å². The van der Waals surface area contributed by atoms with Crippen LogP contribution in [0.1, 0.15) is 0 Å². The predicted octanol–water partition coefficient (Wildman–Crippen LogP) is 1.26. The highest BCUT2D eigenvalue weighted by Crippen LogP contribution is 2.35. The molecular weight excluding hydrogens is 212 g/mol. The molecule has 0 aliphatic carbocycles. The summed E-state index contributed by atoms with van der Waals surface area (Å²) in [6, 6.07) is 2.57. The summed E-state index contributed by atoms with van der Waals surface area (Å²) in [7, 11) is -3.70. The van der Waals surface area contributed by atoms with Crippen LogP contribution in [0.25, 0.3) is 0 Å². The first-order chi connectivity index (χ1) is 6.32. The van der Waals surface area contributed by atoms with Crippen LogP contribution in [-0.2, 0) is 4.57 Å². The van der Waals surface area contributed by atoms with Crippen molar-refractivity contribution in [3.63, 3.8) is 0 Å². The van der Waals surface area contributed by atoms with Gasteiger partial charge < -0.3 is 4.89 Å². The van der Waals surface area contributed by atoms with E-state index in [-0.39, 0.29) is 0 Å². The van der Waals surface area contributed by atoms with Gasteiger partial charge in [-0.25, -0.2) is 4.39 Å². The molecule has 1 aromatic carbocycles. The van der Waals surface area contributed by atoms with Crippen molar-refractivity contribution in [1.29, 1.82) is 0 Å². The molecule has 0 aliphatic rings. The summed E-state index contributed by atoms with van der Waals surface area (Å²) < 4.78 is 24.1. The van der Waals surface area contributed by atoms with E-state index in [2.05, 4.69) is 0 Å². The average molecular weight is 219 g/mol. The Kier molecular flexibility index (Phi) is 2.69. The molecule has 1 aromatic rings. The van der Waals surface area contributed by atoms with E-state index in [1.54, 1.807) is 0 Å². The lowest BCUT2D eigenvalue weighted by Gasteiger charge is -2.05. The molecule has 0 heterocycles. The molecule has 1 unspecified atom stereocenters. The SMILES string of the molecule is CP(=O)(O)c1ccc([N+](=O)[O-])cc1F. The minimum absolute atomic E-state index is 0.400. The first-order valence-electron chi connectivity index (χ1n) is 3.57. The number of nitro groups is 1. The topological polar surface area (TPSA) is 80.4 Å². The van der Waals surface area contributed by atoms with Crippen molar-refractivity contribution < 1.29 is 18.8 Å². The molecule has 0 radical (unpaired) electrons. The molecule has 0 fully saturated rings. The fourth-order valence-corrected chi connectivity index (χ4v) is 1.76. The summed E-state index contributed by atoms with van der Waals surface area (Å²) in [5.74, 6) is -1.03. The molecule has 5 nitrogen and oxygen atoms in total. The van der Waals surface area contributed by atoms with Crippen molar-refractivity contribution in [2.45, 2.75) is 0 Å². The van der Waals surface area contributed by atoms with E-state index >= 15 is 0 Å². The zero-order valence-corrected chi connectivity index (χ0v) is 8.07. The fourth-order valence-electron chi connectivity index (χ4n) is 0.946. The molecule has 0 spiro atoms. The van der Waals surface area contributed by atoms with Crippen LogP contribution in [-0.4, -0.2) is 16.5 Å². The Morgan fingerprint density at radius 2 is 2.14 bits per heavy atom. The van der Waals surface area contributed by atoms with Crippen LogP contribution in [0.5, 0.6) is 0 Å². The molecule has 1 rings (SSSR count). The number of hydrogen-bond donors (Lipinski definition) is 1. The Hall–Kier alpha value is -1.26. The van der Waals surface area contributed by atoms with Crippen LogP contribution in [0.15, 0.2) is 18.2 Å². The third kappa shape index (κ3) is 2.16. The van der Waals surface area contributed by atoms with Gasteiger partial charge in [-0.2, -0.15) is 0 Å². The minimum atomic E-state index is -3.70. The molecule has 7 heteroatoms. The first kappa shape index (κ1) is 10.8. The zero-order chi connectivity index (χ0) is 10.9. The highest BCUT2D eigenvalue weighted by molar-refractivity contribution is 7.65. The largest absolute Gasteiger partial charge is 0.341 e. The van der Waals surface area contributed by atoms with Crippen molar-refractivity contribution in [2.75, 3.05) is 6.66 Å². The molecule has 0 amide bonds. The van der Waals surface area contributed by atoms with Crippen molar-refractivity contribution in [2.24, 2.45) is 0 Å². The van der Waals surface area contributed by atoms with Crippen molar-refractivity contribution in [1.82, 2.24) is 0 Å². The van der Waals surface area contributed by atoms with E-state index in [1.165, 1.54) is 0 Å². The Balaban J connectivity index is 3.28. The molecule has 0 aromatic heterocycles. The predicted molar refractivity (Wildman–Crippen MR) is 48.4 cm³/mol. The molecule has 0 bridgehead atoms. The molecule has 0 saturated heterocycles. The molecule has 0 saturated carbocycles. The number of halogens is 1. The minimum Gasteiger partial charge on any atom is -0.341 e. The zero-order valence-electron chi connectivity index (χ0n) is 7.18. The van der Waals surface area contributed by atoms with Crippen molar-refractivity contribution in [3.05, 3.63) is 34.1 Å². The Morgan fingerprint density at radius 1 is 1.57 bits per heavy atom. The van der Waals surface area contributed by atoms with E-state index < -0.39 is 29.1 Å². The molecular formula is C7H7FNO4P. The monoisotopic (exact) mass is 219 g/mol. The van der Waals surface area contributed by atoms with E-state index in [1.807, 2.05) is 0 Å². The maximum Gasteiger partial charge on any atom is 0.272 e. The summed E-state index contributed by atoms with van der Waals surface area (Å²) in [4.78, 5) is 18.5. The van der Waals surface area contributed by atoms with Gasteiger partial charge in [0.2, 0.25) is 7.37 Å². The highest BCUT2D eigenvalue weighted by Gasteiger charge is 2.21. The number of nitro benzene ring substituents is 1. The van der Waals surface area contributed by atoms with Gasteiger partial charge >= 0.3 is 0 Å². The van der Waals surface area contributed by atoms with Gasteiger partial charge in [-0.3, -0.25) is 14.7 Å².